The number of amides is 1. The number of hydrogen-bond acceptors (Lipinski definition) is 3. The van der Waals surface area contributed by atoms with Crippen molar-refractivity contribution in [1.82, 2.24) is 10.2 Å². The van der Waals surface area contributed by atoms with Crippen LogP contribution in [0.3, 0.4) is 0 Å². The number of carbonyl (C=O) groups excluding carboxylic acids is 1. The molecule has 88 valence electrons. The summed E-state index contributed by atoms with van der Waals surface area (Å²) in [5.74, 6) is 0.148. The molecule has 4 heteroatoms. The molecule has 1 aliphatic rings. The van der Waals surface area contributed by atoms with Crippen molar-refractivity contribution in [3.8, 4) is 0 Å². The number of hydrogen-bond donors (Lipinski definition) is 2. The van der Waals surface area contributed by atoms with Gasteiger partial charge in [-0.3, -0.25) is 4.79 Å². The second-order valence-electron chi connectivity index (χ2n) is 4.51. The van der Waals surface area contributed by atoms with Crippen LogP contribution in [-0.2, 0) is 4.79 Å². The van der Waals surface area contributed by atoms with Gasteiger partial charge in [0.15, 0.2) is 0 Å². The molecule has 0 aliphatic carbocycles. The number of nitrogens with one attached hydrogen (secondary N) is 1. The molecule has 0 aromatic rings. The van der Waals surface area contributed by atoms with Gasteiger partial charge >= 0.3 is 0 Å². The summed E-state index contributed by atoms with van der Waals surface area (Å²) in [5, 5.41) is 12.9. The highest BCUT2D eigenvalue weighted by Crippen LogP contribution is 2.21. The molecule has 0 aromatic heterocycles. The standard InChI is InChI=1S/C11H22N2O2/c1-3-12-9-10(14)13-7-4-5-11(2,15)6-8-13/h12,15H,3-9H2,1-2H3. The fourth-order valence-electron chi connectivity index (χ4n) is 1.86. The van der Waals surface area contributed by atoms with Crippen molar-refractivity contribution in [3.63, 3.8) is 0 Å². The van der Waals surface area contributed by atoms with Gasteiger partial charge in [0.05, 0.1) is 12.1 Å². The molecule has 1 atom stereocenters. The van der Waals surface area contributed by atoms with E-state index in [4.69, 9.17) is 0 Å². The topological polar surface area (TPSA) is 52.6 Å². The predicted molar refractivity (Wildman–Crippen MR) is 59.6 cm³/mol. The third kappa shape index (κ3) is 4.18. The minimum Gasteiger partial charge on any atom is -0.390 e. The molecule has 1 saturated heterocycles. The number of aliphatic hydroxyl groups is 1. The van der Waals surface area contributed by atoms with Crippen LogP contribution in [0.1, 0.15) is 33.1 Å². The van der Waals surface area contributed by atoms with Crippen molar-refractivity contribution >= 4 is 5.91 Å². The van der Waals surface area contributed by atoms with Gasteiger partial charge in [-0.2, -0.15) is 0 Å². The Morgan fingerprint density at radius 2 is 2.20 bits per heavy atom. The lowest BCUT2D eigenvalue weighted by molar-refractivity contribution is -0.130. The van der Waals surface area contributed by atoms with Crippen LogP contribution in [0.5, 0.6) is 0 Å². The molecule has 4 nitrogen and oxygen atoms in total. The maximum absolute atomic E-state index is 11.7. The van der Waals surface area contributed by atoms with E-state index in [1.807, 2.05) is 18.7 Å². The fourth-order valence-corrected chi connectivity index (χ4v) is 1.86. The summed E-state index contributed by atoms with van der Waals surface area (Å²) >= 11 is 0. The van der Waals surface area contributed by atoms with E-state index in [9.17, 15) is 9.90 Å². The highest BCUT2D eigenvalue weighted by Gasteiger charge is 2.26. The smallest absolute Gasteiger partial charge is 0.236 e. The summed E-state index contributed by atoms with van der Waals surface area (Å²) in [4.78, 5) is 13.6. The summed E-state index contributed by atoms with van der Waals surface area (Å²) < 4.78 is 0. The SMILES string of the molecule is CCNCC(=O)N1CCCC(C)(O)CC1. The number of likely N-dealkylation sites (tertiary alicyclic amines) is 1. The Bertz CT molecular complexity index is 217. The van der Waals surface area contributed by atoms with E-state index < -0.39 is 5.60 Å². The molecule has 1 unspecified atom stereocenters. The minimum atomic E-state index is -0.590. The van der Waals surface area contributed by atoms with Crippen LogP contribution in [0.4, 0.5) is 0 Å². The Balaban J connectivity index is 2.40. The van der Waals surface area contributed by atoms with Gasteiger partial charge in [0, 0.05) is 13.1 Å². The molecule has 1 fully saturated rings. The van der Waals surface area contributed by atoms with Crippen LogP contribution >= 0.6 is 0 Å². The van der Waals surface area contributed by atoms with Crippen molar-refractivity contribution in [2.45, 2.75) is 38.7 Å². The van der Waals surface area contributed by atoms with E-state index >= 15 is 0 Å². The van der Waals surface area contributed by atoms with E-state index in [0.29, 0.717) is 19.5 Å². The van der Waals surface area contributed by atoms with E-state index in [2.05, 4.69) is 5.32 Å². The van der Waals surface area contributed by atoms with Gasteiger partial charge in [-0.1, -0.05) is 6.92 Å². The highest BCUT2D eigenvalue weighted by atomic mass is 16.3. The molecule has 1 rings (SSSR count). The zero-order valence-corrected chi connectivity index (χ0v) is 9.75. The largest absolute Gasteiger partial charge is 0.390 e. The Morgan fingerprint density at radius 3 is 2.87 bits per heavy atom. The third-order valence-electron chi connectivity index (χ3n) is 2.94. The Morgan fingerprint density at radius 1 is 1.47 bits per heavy atom. The fraction of sp³-hybridized carbons (Fsp3) is 0.909. The first-order valence-electron chi connectivity index (χ1n) is 5.76. The Hall–Kier alpha value is -0.610. The molecule has 1 amide bonds. The number of rotatable bonds is 3. The normalized spacial score (nSPS) is 27.5. The molecular formula is C11H22N2O2. The van der Waals surface area contributed by atoms with Crippen LogP contribution in [0, 0.1) is 0 Å². The molecule has 0 bridgehead atoms. The van der Waals surface area contributed by atoms with Crippen molar-refractivity contribution in [1.29, 1.82) is 0 Å². The minimum absolute atomic E-state index is 0.148. The summed E-state index contributed by atoms with van der Waals surface area (Å²) in [7, 11) is 0. The molecular weight excluding hydrogens is 192 g/mol. The quantitative estimate of drug-likeness (QED) is 0.713. The summed E-state index contributed by atoms with van der Waals surface area (Å²) in [6.07, 6.45) is 2.37. The molecule has 0 aromatic carbocycles. The molecule has 0 radical (unpaired) electrons. The zero-order valence-electron chi connectivity index (χ0n) is 9.75. The number of carbonyl (C=O) groups is 1. The first-order valence-corrected chi connectivity index (χ1v) is 5.76. The van der Waals surface area contributed by atoms with Crippen molar-refractivity contribution in [2.75, 3.05) is 26.2 Å². The Kier molecular flexibility index (Phi) is 4.54. The van der Waals surface area contributed by atoms with Crippen LogP contribution in [0.15, 0.2) is 0 Å². The summed E-state index contributed by atoms with van der Waals surface area (Å²) in [6, 6.07) is 0. The van der Waals surface area contributed by atoms with Gasteiger partial charge in [0.25, 0.3) is 0 Å². The molecule has 1 heterocycles. The van der Waals surface area contributed by atoms with Crippen molar-refractivity contribution in [2.24, 2.45) is 0 Å². The van der Waals surface area contributed by atoms with Gasteiger partial charge in [-0.25, -0.2) is 0 Å². The average molecular weight is 214 g/mol. The van der Waals surface area contributed by atoms with Crippen LogP contribution < -0.4 is 5.32 Å². The van der Waals surface area contributed by atoms with Gasteiger partial charge in [0.2, 0.25) is 5.91 Å². The molecule has 15 heavy (non-hydrogen) atoms. The van der Waals surface area contributed by atoms with E-state index in [0.717, 1.165) is 25.9 Å². The van der Waals surface area contributed by atoms with Crippen molar-refractivity contribution < 1.29 is 9.90 Å². The average Bonchev–Trinajstić information content (AvgIpc) is 2.36. The maximum atomic E-state index is 11.7. The lowest BCUT2D eigenvalue weighted by Gasteiger charge is -2.22. The number of likely N-dealkylation sites (N-methyl/N-ethyl adjacent to an activating group) is 1. The molecule has 2 N–H and O–H groups in total. The third-order valence-corrected chi connectivity index (χ3v) is 2.94. The lowest BCUT2D eigenvalue weighted by atomic mass is 9.98. The van der Waals surface area contributed by atoms with E-state index in [-0.39, 0.29) is 5.91 Å². The predicted octanol–water partition coefficient (Wildman–Crippen LogP) is 0.359. The van der Waals surface area contributed by atoms with Gasteiger partial charge in [-0.05, 0) is 32.7 Å². The second kappa shape index (κ2) is 5.47. The lowest BCUT2D eigenvalue weighted by Crippen LogP contribution is -2.39. The molecule has 0 saturated carbocycles. The van der Waals surface area contributed by atoms with Gasteiger partial charge in [0.1, 0.15) is 0 Å². The highest BCUT2D eigenvalue weighted by molar-refractivity contribution is 5.78. The first kappa shape index (κ1) is 12.5. The van der Waals surface area contributed by atoms with E-state index in [1.54, 1.807) is 0 Å². The van der Waals surface area contributed by atoms with E-state index in [1.165, 1.54) is 0 Å². The first-order chi connectivity index (χ1) is 7.05. The van der Waals surface area contributed by atoms with Gasteiger partial charge in [-0.15, -0.1) is 0 Å². The monoisotopic (exact) mass is 214 g/mol. The summed E-state index contributed by atoms with van der Waals surface area (Å²) in [6.45, 7) is 6.53. The van der Waals surface area contributed by atoms with Crippen molar-refractivity contribution in [3.05, 3.63) is 0 Å². The second-order valence-corrected chi connectivity index (χ2v) is 4.51. The van der Waals surface area contributed by atoms with Gasteiger partial charge < -0.3 is 15.3 Å². The number of nitrogens with zero attached hydrogens (tertiary/aromatic N) is 1. The summed E-state index contributed by atoms with van der Waals surface area (Å²) in [5.41, 5.74) is -0.590. The Labute approximate surface area is 91.6 Å². The zero-order chi connectivity index (χ0) is 11.3. The maximum Gasteiger partial charge on any atom is 0.236 e. The van der Waals surface area contributed by atoms with Crippen LogP contribution in [0.25, 0.3) is 0 Å². The molecule has 1 aliphatic heterocycles. The van der Waals surface area contributed by atoms with Crippen LogP contribution in [0.2, 0.25) is 0 Å². The van der Waals surface area contributed by atoms with Crippen LogP contribution in [-0.4, -0.2) is 47.7 Å². The molecule has 0 spiro atoms.